The molecule has 102 valence electrons. The normalized spacial score (nSPS) is 11.1. The highest BCUT2D eigenvalue weighted by Gasteiger charge is 2.07. The third-order valence-electron chi connectivity index (χ3n) is 2.69. The lowest BCUT2D eigenvalue weighted by atomic mass is 10.2. The van der Waals surface area contributed by atoms with Gasteiger partial charge in [0.15, 0.2) is 5.16 Å². The van der Waals surface area contributed by atoms with E-state index < -0.39 is 0 Å². The molecule has 0 unspecified atom stereocenters. The van der Waals surface area contributed by atoms with Crippen molar-refractivity contribution in [2.24, 2.45) is 0 Å². The maximum Gasteiger partial charge on any atom is 0.191 e. The second-order valence-corrected chi connectivity index (χ2v) is 6.72. The van der Waals surface area contributed by atoms with Gasteiger partial charge >= 0.3 is 0 Å². The molecule has 0 bridgehead atoms. The molecular weight excluding hydrogens is 333 g/mol. The number of nitrogens with zero attached hydrogens (tertiary/aromatic N) is 2. The summed E-state index contributed by atoms with van der Waals surface area (Å²) in [6.07, 6.45) is 0. The Balaban J connectivity index is 1.80. The summed E-state index contributed by atoms with van der Waals surface area (Å²) >= 11 is 15.0. The van der Waals surface area contributed by atoms with Gasteiger partial charge in [-0.3, -0.25) is 0 Å². The minimum Gasteiger partial charge on any atom is -0.383 e. The minimum atomic E-state index is 0.521. The molecule has 0 aliphatic heterocycles. The summed E-state index contributed by atoms with van der Waals surface area (Å²) in [6.45, 7) is 0. The Labute approximate surface area is 134 Å². The summed E-state index contributed by atoms with van der Waals surface area (Å²) in [5, 5.41) is 4.65. The lowest BCUT2D eigenvalue weighted by Gasteiger charge is -2.04. The molecule has 2 N–H and O–H groups in total. The van der Waals surface area contributed by atoms with E-state index in [0.717, 1.165) is 15.8 Å². The Bertz CT molecular complexity index is 773. The zero-order valence-electron chi connectivity index (χ0n) is 10.1. The number of hydrogen-bond donors (Lipinski definition) is 1. The van der Waals surface area contributed by atoms with Gasteiger partial charge in [0.05, 0.1) is 15.4 Å². The highest BCUT2D eigenvalue weighted by Crippen LogP contribution is 2.29. The molecular formula is C13H9Cl2N3S2. The van der Waals surface area contributed by atoms with Gasteiger partial charge in [-0.25, -0.2) is 9.97 Å². The molecule has 3 aromatic rings. The first kappa shape index (κ1) is 13.9. The molecule has 2 heterocycles. The molecule has 0 saturated heterocycles. The van der Waals surface area contributed by atoms with Crippen LogP contribution in [0.15, 0.2) is 34.8 Å². The number of anilines is 1. The predicted molar refractivity (Wildman–Crippen MR) is 87.9 cm³/mol. The fourth-order valence-corrected chi connectivity index (χ4v) is 3.64. The van der Waals surface area contributed by atoms with E-state index in [4.69, 9.17) is 28.9 Å². The molecule has 1 aromatic carbocycles. The van der Waals surface area contributed by atoms with Crippen molar-refractivity contribution in [1.82, 2.24) is 9.97 Å². The van der Waals surface area contributed by atoms with Gasteiger partial charge in [-0.05, 0) is 29.1 Å². The van der Waals surface area contributed by atoms with E-state index in [2.05, 4.69) is 9.97 Å². The number of thioether (sulfide) groups is 1. The van der Waals surface area contributed by atoms with Crippen LogP contribution >= 0.6 is 46.3 Å². The molecule has 0 fully saturated rings. The number of thiophene rings is 1. The van der Waals surface area contributed by atoms with E-state index in [1.54, 1.807) is 17.4 Å². The predicted octanol–water partition coefficient (Wildman–Crippen LogP) is 4.87. The Morgan fingerprint density at radius 2 is 2.00 bits per heavy atom. The van der Waals surface area contributed by atoms with Crippen LogP contribution in [0.25, 0.3) is 10.2 Å². The molecule has 0 atom stereocenters. The number of hydrogen-bond acceptors (Lipinski definition) is 5. The van der Waals surface area contributed by atoms with Crippen LogP contribution < -0.4 is 5.73 Å². The number of nitrogens with two attached hydrogens (primary N) is 1. The zero-order chi connectivity index (χ0) is 14.1. The highest BCUT2D eigenvalue weighted by atomic mass is 35.5. The number of rotatable bonds is 3. The average Bonchev–Trinajstić information content (AvgIpc) is 2.89. The van der Waals surface area contributed by atoms with E-state index in [1.165, 1.54) is 11.8 Å². The van der Waals surface area contributed by atoms with E-state index >= 15 is 0 Å². The van der Waals surface area contributed by atoms with Gasteiger partial charge < -0.3 is 5.73 Å². The van der Waals surface area contributed by atoms with Crippen molar-refractivity contribution in [1.29, 1.82) is 0 Å². The number of nitrogen functional groups attached to an aromatic ring is 1. The van der Waals surface area contributed by atoms with Crippen LogP contribution in [0.4, 0.5) is 5.82 Å². The van der Waals surface area contributed by atoms with Crippen LogP contribution in [0, 0.1) is 0 Å². The number of halogens is 2. The SMILES string of the molecule is Nc1nc(SCc2ccc(Cl)c(Cl)c2)nc2sccc12. The Morgan fingerprint density at radius 1 is 1.15 bits per heavy atom. The molecule has 3 nitrogen and oxygen atoms in total. The first-order valence-corrected chi connectivity index (χ1v) is 8.33. The van der Waals surface area contributed by atoms with Crippen LogP contribution in [0.2, 0.25) is 10.0 Å². The summed E-state index contributed by atoms with van der Waals surface area (Å²) in [5.41, 5.74) is 6.99. The smallest absolute Gasteiger partial charge is 0.191 e. The van der Waals surface area contributed by atoms with Gasteiger partial charge in [0, 0.05) is 5.75 Å². The van der Waals surface area contributed by atoms with Crippen LogP contribution in [-0.2, 0) is 5.75 Å². The molecule has 0 aliphatic rings. The number of aromatic nitrogens is 2. The zero-order valence-corrected chi connectivity index (χ0v) is 13.3. The second-order valence-electron chi connectivity index (χ2n) is 4.07. The van der Waals surface area contributed by atoms with Crippen LogP contribution in [0.3, 0.4) is 0 Å². The van der Waals surface area contributed by atoms with Gasteiger partial charge in [-0.2, -0.15) is 0 Å². The van der Waals surface area contributed by atoms with Crippen LogP contribution in [0.5, 0.6) is 0 Å². The molecule has 0 amide bonds. The molecule has 0 spiro atoms. The fourth-order valence-electron chi connectivity index (χ4n) is 1.70. The minimum absolute atomic E-state index is 0.521. The van der Waals surface area contributed by atoms with Gasteiger partial charge in [0.25, 0.3) is 0 Å². The molecule has 2 aromatic heterocycles. The fraction of sp³-hybridized carbons (Fsp3) is 0.0769. The number of fused-ring (bicyclic) bond motifs is 1. The van der Waals surface area contributed by atoms with Gasteiger partial charge in [0.2, 0.25) is 0 Å². The summed E-state index contributed by atoms with van der Waals surface area (Å²) < 4.78 is 0. The molecule has 3 rings (SSSR count). The van der Waals surface area contributed by atoms with Crippen LogP contribution in [-0.4, -0.2) is 9.97 Å². The number of benzene rings is 1. The molecule has 0 saturated carbocycles. The van der Waals surface area contributed by atoms with Crippen molar-refractivity contribution in [2.45, 2.75) is 10.9 Å². The third-order valence-corrected chi connectivity index (χ3v) is 5.15. The molecule has 7 heteroatoms. The van der Waals surface area contributed by atoms with Crippen molar-refractivity contribution in [2.75, 3.05) is 5.73 Å². The van der Waals surface area contributed by atoms with E-state index in [9.17, 15) is 0 Å². The largest absolute Gasteiger partial charge is 0.383 e. The highest BCUT2D eigenvalue weighted by molar-refractivity contribution is 7.98. The lowest BCUT2D eigenvalue weighted by molar-refractivity contribution is 1.02. The van der Waals surface area contributed by atoms with Gasteiger partial charge in [-0.15, -0.1) is 11.3 Å². The summed E-state index contributed by atoms with van der Waals surface area (Å²) in [4.78, 5) is 9.70. The van der Waals surface area contributed by atoms with Crippen LogP contribution in [0.1, 0.15) is 5.56 Å². The lowest BCUT2D eigenvalue weighted by Crippen LogP contribution is -1.95. The first-order valence-electron chi connectivity index (χ1n) is 5.71. The summed E-state index contributed by atoms with van der Waals surface area (Å²) in [6, 6.07) is 7.51. The summed E-state index contributed by atoms with van der Waals surface area (Å²) in [7, 11) is 0. The Hall–Kier alpha value is -1.01. The van der Waals surface area contributed by atoms with Crippen molar-refractivity contribution in [3.05, 3.63) is 45.3 Å². The monoisotopic (exact) mass is 341 g/mol. The molecule has 0 aliphatic carbocycles. The van der Waals surface area contributed by atoms with Crippen molar-refractivity contribution < 1.29 is 0 Å². The van der Waals surface area contributed by atoms with E-state index in [0.29, 0.717) is 26.8 Å². The van der Waals surface area contributed by atoms with E-state index in [-0.39, 0.29) is 0 Å². The Kier molecular flexibility index (Phi) is 4.03. The maximum absolute atomic E-state index is 5.99. The summed E-state index contributed by atoms with van der Waals surface area (Å²) in [5.74, 6) is 1.24. The Morgan fingerprint density at radius 3 is 2.80 bits per heavy atom. The third kappa shape index (κ3) is 2.86. The second kappa shape index (κ2) is 5.77. The van der Waals surface area contributed by atoms with Crippen molar-refractivity contribution >= 4 is 62.3 Å². The quantitative estimate of drug-likeness (QED) is 0.545. The molecule has 20 heavy (non-hydrogen) atoms. The van der Waals surface area contributed by atoms with Crippen molar-refractivity contribution in [3.63, 3.8) is 0 Å². The average molecular weight is 342 g/mol. The first-order chi connectivity index (χ1) is 9.63. The maximum atomic E-state index is 5.99. The van der Waals surface area contributed by atoms with E-state index in [1.807, 2.05) is 23.6 Å². The van der Waals surface area contributed by atoms with Crippen molar-refractivity contribution in [3.8, 4) is 0 Å². The van der Waals surface area contributed by atoms with Gasteiger partial charge in [0.1, 0.15) is 10.6 Å². The van der Waals surface area contributed by atoms with Gasteiger partial charge in [-0.1, -0.05) is 41.0 Å². The topological polar surface area (TPSA) is 51.8 Å². The molecule has 0 radical (unpaired) electrons. The standard InChI is InChI=1S/C13H9Cl2N3S2/c14-9-2-1-7(5-10(9)15)6-20-13-17-11(16)8-3-4-19-12(8)18-13/h1-5H,6H2,(H2,16,17,18).